The van der Waals surface area contributed by atoms with E-state index in [1.807, 2.05) is 6.07 Å². The molecule has 1 aromatic rings. The number of halogens is 1. The molecular formula is C19H26ClN3O2. The topological polar surface area (TPSA) is 44.8 Å². The van der Waals surface area contributed by atoms with Gasteiger partial charge in [-0.1, -0.05) is 18.5 Å². The molecule has 1 amide bonds. The number of nitrogens with zero attached hydrogens (tertiary/aromatic N) is 2. The fourth-order valence-electron chi connectivity index (χ4n) is 4.39. The zero-order valence-corrected chi connectivity index (χ0v) is 15.5. The van der Waals surface area contributed by atoms with Crippen molar-refractivity contribution in [3.63, 3.8) is 0 Å². The van der Waals surface area contributed by atoms with Gasteiger partial charge in [-0.15, -0.1) is 0 Å². The summed E-state index contributed by atoms with van der Waals surface area (Å²) in [5.41, 5.74) is 1.51. The average Bonchev–Trinajstić information content (AvgIpc) is 2.63. The first kappa shape index (κ1) is 17.0. The van der Waals surface area contributed by atoms with Crippen molar-refractivity contribution in [1.29, 1.82) is 0 Å². The van der Waals surface area contributed by atoms with Crippen LogP contribution in [0.1, 0.15) is 36.5 Å². The Bertz CT molecular complexity index is 658. The van der Waals surface area contributed by atoms with Crippen LogP contribution in [-0.2, 0) is 0 Å². The van der Waals surface area contributed by atoms with Gasteiger partial charge >= 0.3 is 0 Å². The maximum absolute atomic E-state index is 13.0. The Morgan fingerprint density at radius 2 is 2.12 bits per heavy atom. The van der Waals surface area contributed by atoms with Crippen LogP contribution in [0.2, 0.25) is 5.02 Å². The molecule has 0 saturated carbocycles. The van der Waals surface area contributed by atoms with Gasteiger partial charge in [0.2, 0.25) is 0 Å². The minimum Gasteiger partial charge on any atom is -0.489 e. The molecule has 25 heavy (non-hydrogen) atoms. The Labute approximate surface area is 154 Å². The van der Waals surface area contributed by atoms with Crippen molar-refractivity contribution >= 4 is 23.2 Å². The van der Waals surface area contributed by atoms with Crippen LogP contribution in [0, 0.1) is 5.92 Å². The van der Waals surface area contributed by atoms with Gasteiger partial charge in [0.1, 0.15) is 6.61 Å². The maximum Gasteiger partial charge on any atom is 0.255 e. The van der Waals surface area contributed by atoms with Gasteiger partial charge in [-0.2, -0.15) is 0 Å². The van der Waals surface area contributed by atoms with Crippen molar-refractivity contribution < 1.29 is 9.53 Å². The molecule has 4 aliphatic rings. The molecule has 6 heteroatoms. The molecule has 2 bridgehead atoms. The highest BCUT2D eigenvalue weighted by molar-refractivity contribution is 6.31. The van der Waals surface area contributed by atoms with Gasteiger partial charge in [0.25, 0.3) is 5.91 Å². The number of ether oxygens (including phenoxy) is 1. The van der Waals surface area contributed by atoms with Crippen LogP contribution in [0.25, 0.3) is 0 Å². The van der Waals surface area contributed by atoms with Crippen LogP contribution in [0.5, 0.6) is 5.75 Å². The van der Waals surface area contributed by atoms with Gasteiger partial charge in [0.15, 0.2) is 5.75 Å². The third kappa shape index (κ3) is 3.32. The van der Waals surface area contributed by atoms with E-state index in [0.29, 0.717) is 28.9 Å². The summed E-state index contributed by atoms with van der Waals surface area (Å²) in [6, 6.07) is 3.89. The summed E-state index contributed by atoms with van der Waals surface area (Å²) >= 11 is 6.33. The Kier molecular flexibility index (Phi) is 4.78. The van der Waals surface area contributed by atoms with Crippen LogP contribution in [0.4, 0.5) is 5.69 Å². The Morgan fingerprint density at radius 3 is 2.80 bits per heavy atom. The van der Waals surface area contributed by atoms with Crippen LogP contribution in [-0.4, -0.2) is 56.2 Å². The first-order valence-corrected chi connectivity index (χ1v) is 9.78. The predicted molar refractivity (Wildman–Crippen MR) is 99.9 cm³/mol. The molecule has 4 heterocycles. The van der Waals surface area contributed by atoms with Crippen LogP contribution >= 0.6 is 11.6 Å². The fraction of sp³-hybridized carbons (Fsp3) is 0.632. The monoisotopic (exact) mass is 363 g/mol. The molecule has 5 rings (SSSR count). The Balaban J connectivity index is 1.58. The molecule has 5 nitrogen and oxygen atoms in total. The van der Waals surface area contributed by atoms with E-state index < -0.39 is 0 Å². The number of amides is 1. The quantitative estimate of drug-likeness (QED) is 0.893. The summed E-state index contributed by atoms with van der Waals surface area (Å²) in [7, 11) is 0. The van der Waals surface area contributed by atoms with Crippen LogP contribution < -0.4 is 15.0 Å². The van der Waals surface area contributed by atoms with Crippen LogP contribution in [0.3, 0.4) is 0 Å². The maximum atomic E-state index is 13.0. The first-order chi connectivity index (χ1) is 12.2. The molecule has 1 N–H and O–H groups in total. The molecule has 3 fully saturated rings. The van der Waals surface area contributed by atoms with Crippen LogP contribution in [0.15, 0.2) is 12.1 Å². The third-order valence-corrected chi connectivity index (χ3v) is 5.91. The summed E-state index contributed by atoms with van der Waals surface area (Å²) in [6.07, 6.45) is 3.41. The highest BCUT2D eigenvalue weighted by atomic mass is 35.5. The smallest absolute Gasteiger partial charge is 0.255 e. The largest absolute Gasteiger partial charge is 0.489 e. The summed E-state index contributed by atoms with van der Waals surface area (Å²) < 4.78 is 5.89. The molecule has 1 unspecified atom stereocenters. The van der Waals surface area contributed by atoms with E-state index >= 15 is 0 Å². The minimum atomic E-state index is -0.0594. The summed E-state index contributed by atoms with van der Waals surface area (Å²) in [6.45, 7) is 7.83. The molecule has 0 radical (unpaired) electrons. The number of fused-ring (bicyclic) bond motifs is 4. The van der Waals surface area contributed by atoms with Crippen molar-refractivity contribution in [2.24, 2.45) is 5.92 Å². The molecule has 3 saturated heterocycles. The van der Waals surface area contributed by atoms with E-state index in [4.69, 9.17) is 16.3 Å². The number of carbonyl (C=O) groups excluding carboxylic acids is 1. The lowest BCUT2D eigenvalue weighted by molar-refractivity contribution is 0.0618. The second-order valence-electron chi connectivity index (χ2n) is 7.36. The minimum absolute atomic E-state index is 0.0594. The number of rotatable bonds is 4. The van der Waals surface area contributed by atoms with Gasteiger partial charge < -0.3 is 19.9 Å². The Hall–Kier alpha value is -1.46. The molecule has 0 aromatic heterocycles. The lowest BCUT2D eigenvalue weighted by Gasteiger charge is -2.45. The summed E-state index contributed by atoms with van der Waals surface area (Å²) in [4.78, 5) is 17.7. The summed E-state index contributed by atoms with van der Waals surface area (Å²) in [5, 5.41) is 3.84. The van der Waals surface area contributed by atoms with Crippen molar-refractivity contribution in [1.82, 2.24) is 10.2 Å². The molecule has 4 aliphatic heterocycles. The lowest BCUT2D eigenvalue weighted by atomic mass is 9.84. The number of anilines is 1. The van der Waals surface area contributed by atoms with E-state index in [9.17, 15) is 4.79 Å². The van der Waals surface area contributed by atoms with E-state index in [1.54, 1.807) is 6.07 Å². The molecule has 136 valence electrons. The predicted octanol–water partition coefficient (Wildman–Crippen LogP) is 2.77. The first-order valence-electron chi connectivity index (χ1n) is 9.40. The standard InChI is InChI=1S/C19H26ClN3O2/c1-2-5-23-8-9-25-18-15(10-14(20)11-17(18)23)19(24)21-16-12-22-6-3-13(16)4-7-22/h10-11,13,16H,2-9,12H2,1H3,(H,21,24). The third-order valence-electron chi connectivity index (χ3n) is 5.69. The lowest BCUT2D eigenvalue weighted by Crippen LogP contribution is -2.57. The molecule has 0 aliphatic carbocycles. The van der Waals surface area contributed by atoms with E-state index in [-0.39, 0.29) is 11.9 Å². The number of hydrogen-bond acceptors (Lipinski definition) is 4. The van der Waals surface area contributed by atoms with Gasteiger partial charge in [0, 0.05) is 24.2 Å². The SMILES string of the molecule is CCCN1CCOc2c(C(=O)NC3CN4CCC3CC4)cc(Cl)cc21. The normalized spacial score (nSPS) is 27.6. The summed E-state index contributed by atoms with van der Waals surface area (Å²) in [5.74, 6) is 1.22. The van der Waals surface area contributed by atoms with Crippen molar-refractivity contribution in [3.05, 3.63) is 22.7 Å². The number of hydrogen-bond donors (Lipinski definition) is 1. The molecule has 0 spiro atoms. The molecule has 1 aromatic carbocycles. The van der Waals surface area contributed by atoms with Crippen molar-refractivity contribution in [2.45, 2.75) is 32.2 Å². The van der Waals surface area contributed by atoms with Gasteiger partial charge in [0.05, 0.1) is 17.8 Å². The fourth-order valence-corrected chi connectivity index (χ4v) is 4.60. The van der Waals surface area contributed by atoms with Gasteiger partial charge in [-0.3, -0.25) is 4.79 Å². The van der Waals surface area contributed by atoms with Gasteiger partial charge in [-0.25, -0.2) is 0 Å². The number of benzene rings is 1. The second kappa shape index (κ2) is 7.04. The zero-order chi connectivity index (χ0) is 17.4. The second-order valence-corrected chi connectivity index (χ2v) is 7.79. The van der Waals surface area contributed by atoms with Crippen molar-refractivity contribution in [2.75, 3.05) is 44.2 Å². The number of nitrogens with one attached hydrogen (secondary N) is 1. The Morgan fingerprint density at radius 1 is 1.32 bits per heavy atom. The van der Waals surface area contributed by atoms with E-state index in [1.165, 1.54) is 25.9 Å². The highest BCUT2D eigenvalue weighted by Crippen LogP contribution is 2.38. The number of piperidine rings is 3. The molecular weight excluding hydrogens is 338 g/mol. The average molecular weight is 364 g/mol. The van der Waals surface area contributed by atoms with E-state index in [0.717, 1.165) is 31.7 Å². The van der Waals surface area contributed by atoms with E-state index in [2.05, 4.69) is 22.0 Å². The molecule has 1 atom stereocenters. The highest BCUT2D eigenvalue weighted by Gasteiger charge is 2.35. The van der Waals surface area contributed by atoms with Gasteiger partial charge in [-0.05, 0) is 50.4 Å². The van der Waals surface area contributed by atoms with Crippen molar-refractivity contribution in [3.8, 4) is 5.75 Å². The number of carbonyl (C=O) groups is 1. The zero-order valence-electron chi connectivity index (χ0n) is 14.8.